The summed E-state index contributed by atoms with van der Waals surface area (Å²) in [4.78, 5) is 23.7. The van der Waals surface area contributed by atoms with Crippen molar-refractivity contribution in [3.05, 3.63) is 50.4 Å². The number of nitrogens with zero attached hydrogens (tertiary/aromatic N) is 2. The number of hydrogen-bond donors (Lipinski definition) is 2. The normalized spacial score (nSPS) is 10.4. The Morgan fingerprint density at radius 1 is 1.43 bits per heavy atom. The Balaban J connectivity index is 2.14. The van der Waals surface area contributed by atoms with E-state index in [-0.39, 0.29) is 16.6 Å². The number of amides is 1. The van der Waals surface area contributed by atoms with Crippen LogP contribution in [0.3, 0.4) is 0 Å². The van der Waals surface area contributed by atoms with Crippen LogP contribution in [0.5, 0.6) is 0 Å². The van der Waals surface area contributed by atoms with Crippen molar-refractivity contribution in [2.24, 2.45) is 0 Å². The highest BCUT2D eigenvalue weighted by atomic mass is 35.5. The van der Waals surface area contributed by atoms with Gasteiger partial charge in [0.2, 0.25) is 5.91 Å². The van der Waals surface area contributed by atoms with Crippen molar-refractivity contribution in [2.75, 3.05) is 11.1 Å². The smallest absolute Gasteiger partial charge is 0.287 e. The van der Waals surface area contributed by atoms with Crippen LogP contribution in [-0.4, -0.2) is 15.7 Å². The predicted octanol–water partition coefficient (Wildman–Crippen LogP) is 2.08. The van der Waals surface area contributed by atoms with E-state index in [9.17, 15) is 9.59 Å². The average molecular weight is 327 g/mol. The van der Waals surface area contributed by atoms with Crippen LogP contribution < -0.4 is 16.6 Å². The number of anilines is 2. The molecule has 1 aromatic heterocycles. The summed E-state index contributed by atoms with van der Waals surface area (Å²) in [6.07, 6.45) is 1.21. The van der Waals surface area contributed by atoms with E-state index in [4.69, 9.17) is 28.9 Å². The van der Waals surface area contributed by atoms with E-state index < -0.39 is 11.5 Å². The van der Waals surface area contributed by atoms with Gasteiger partial charge in [0, 0.05) is 11.4 Å². The van der Waals surface area contributed by atoms with Gasteiger partial charge in [-0.15, -0.1) is 0 Å². The predicted molar refractivity (Wildman–Crippen MR) is 82.7 cm³/mol. The number of carbonyl (C=O) groups excluding carboxylic acids is 1. The number of rotatable bonds is 3. The molecule has 2 aromatic rings. The number of halogens is 2. The second-order valence-corrected chi connectivity index (χ2v) is 5.17. The molecule has 0 fully saturated rings. The molecule has 1 aromatic carbocycles. The summed E-state index contributed by atoms with van der Waals surface area (Å²) in [5, 5.41) is 6.26. The van der Waals surface area contributed by atoms with Gasteiger partial charge in [-0.3, -0.25) is 9.59 Å². The number of benzene rings is 1. The van der Waals surface area contributed by atoms with Crippen LogP contribution in [-0.2, 0) is 11.3 Å². The van der Waals surface area contributed by atoms with Crippen LogP contribution in [0.2, 0.25) is 10.0 Å². The zero-order valence-electron chi connectivity index (χ0n) is 11.1. The minimum atomic E-state index is -0.622. The fourth-order valence-electron chi connectivity index (χ4n) is 1.61. The Bertz CT molecular complexity index is 758. The number of aromatic nitrogens is 2. The first-order chi connectivity index (χ1) is 9.88. The molecule has 2 rings (SSSR count). The minimum Gasteiger partial charge on any atom is -0.398 e. The van der Waals surface area contributed by atoms with Crippen LogP contribution in [0.25, 0.3) is 0 Å². The molecule has 0 aliphatic carbocycles. The van der Waals surface area contributed by atoms with Crippen LogP contribution >= 0.6 is 23.2 Å². The van der Waals surface area contributed by atoms with Gasteiger partial charge in [-0.1, -0.05) is 29.3 Å². The van der Waals surface area contributed by atoms with E-state index in [1.807, 2.05) is 6.92 Å². The maximum Gasteiger partial charge on any atom is 0.287 e. The van der Waals surface area contributed by atoms with Gasteiger partial charge in [-0.2, -0.15) is 5.10 Å². The van der Waals surface area contributed by atoms with E-state index in [1.54, 1.807) is 18.2 Å². The minimum absolute atomic E-state index is 0.0460. The lowest BCUT2D eigenvalue weighted by molar-refractivity contribution is -0.117. The molecule has 6 nitrogen and oxygen atoms in total. The molecule has 21 heavy (non-hydrogen) atoms. The number of hydrogen-bond acceptors (Lipinski definition) is 4. The molecule has 8 heteroatoms. The highest BCUT2D eigenvalue weighted by Gasteiger charge is 2.11. The van der Waals surface area contributed by atoms with Crippen molar-refractivity contribution in [1.29, 1.82) is 0 Å². The molecule has 3 N–H and O–H groups in total. The summed E-state index contributed by atoms with van der Waals surface area (Å²) < 4.78 is 0.932. The van der Waals surface area contributed by atoms with E-state index in [0.717, 1.165) is 10.2 Å². The summed E-state index contributed by atoms with van der Waals surface area (Å²) in [5.74, 6) is -0.425. The molecular formula is C13H12Cl2N4O2. The lowest BCUT2D eigenvalue weighted by Gasteiger charge is -2.08. The molecule has 0 bridgehead atoms. The second kappa shape index (κ2) is 6.15. The quantitative estimate of drug-likeness (QED) is 0.845. The number of carbonyl (C=O) groups is 1. The Kier molecular flexibility index (Phi) is 4.50. The SMILES string of the molecule is Cc1ccc(NC(=O)Cn2ncc(Cl)c(Cl)c2=O)cc1N. The van der Waals surface area contributed by atoms with Gasteiger partial charge >= 0.3 is 0 Å². The third-order valence-corrected chi connectivity index (χ3v) is 3.55. The maximum atomic E-state index is 11.9. The van der Waals surface area contributed by atoms with Crippen molar-refractivity contribution in [3.8, 4) is 0 Å². The molecule has 0 spiro atoms. The van der Waals surface area contributed by atoms with Crippen molar-refractivity contribution in [3.63, 3.8) is 0 Å². The van der Waals surface area contributed by atoms with E-state index in [2.05, 4.69) is 10.4 Å². The number of nitrogen functional groups attached to an aromatic ring is 1. The molecule has 1 amide bonds. The van der Waals surface area contributed by atoms with Crippen LogP contribution in [0.15, 0.2) is 29.2 Å². The summed E-state index contributed by atoms with van der Waals surface area (Å²) in [6.45, 7) is 1.59. The van der Waals surface area contributed by atoms with Crippen molar-refractivity contribution < 1.29 is 4.79 Å². The van der Waals surface area contributed by atoms with Crippen molar-refractivity contribution in [2.45, 2.75) is 13.5 Å². The lowest BCUT2D eigenvalue weighted by Crippen LogP contribution is -2.29. The molecule has 0 aliphatic heterocycles. The zero-order valence-corrected chi connectivity index (χ0v) is 12.6. The molecule has 1 heterocycles. The summed E-state index contributed by atoms with van der Waals surface area (Å²) in [7, 11) is 0. The Hall–Kier alpha value is -2.05. The van der Waals surface area contributed by atoms with Crippen molar-refractivity contribution in [1.82, 2.24) is 9.78 Å². The van der Waals surface area contributed by atoms with E-state index in [1.165, 1.54) is 6.20 Å². The molecule has 0 radical (unpaired) electrons. The molecule has 0 aliphatic rings. The van der Waals surface area contributed by atoms with Gasteiger partial charge in [0.05, 0.1) is 11.2 Å². The monoisotopic (exact) mass is 326 g/mol. The Morgan fingerprint density at radius 3 is 2.81 bits per heavy atom. The first kappa shape index (κ1) is 15.3. The first-order valence-electron chi connectivity index (χ1n) is 5.95. The van der Waals surface area contributed by atoms with Crippen molar-refractivity contribution >= 4 is 40.5 Å². The average Bonchev–Trinajstić information content (AvgIpc) is 2.44. The van der Waals surface area contributed by atoms with Gasteiger partial charge in [-0.05, 0) is 24.6 Å². The molecule has 0 saturated carbocycles. The summed E-state index contributed by atoms with van der Waals surface area (Å²) in [5.41, 5.74) is 7.15. The third-order valence-electron chi connectivity index (χ3n) is 2.80. The van der Waals surface area contributed by atoms with Gasteiger partial charge in [0.1, 0.15) is 11.6 Å². The lowest BCUT2D eigenvalue weighted by atomic mass is 10.2. The van der Waals surface area contributed by atoms with Gasteiger partial charge < -0.3 is 11.1 Å². The molecule has 0 unspecified atom stereocenters. The number of nitrogens with two attached hydrogens (primary N) is 1. The zero-order chi connectivity index (χ0) is 15.6. The Labute approximate surface area is 130 Å². The topological polar surface area (TPSA) is 90.0 Å². The largest absolute Gasteiger partial charge is 0.398 e. The summed E-state index contributed by atoms with van der Waals surface area (Å²) >= 11 is 11.4. The highest BCUT2D eigenvalue weighted by molar-refractivity contribution is 6.41. The second-order valence-electron chi connectivity index (χ2n) is 4.39. The number of aryl methyl sites for hydroxylation is 1. The molecule has 0 saturated heterocycles. The van der Waals surface area contributed by atoms with Crippen LogP contribution in [0.4, 0.5) is 11.4 Å². The molecule has 110 valence electrons. The molecular weight excluding hydrogens is 315 g/mol. The fraction of sp³-hybridized carbons (Fsp3) is 0.154. The van der Waals surface area contributed by atoms with Crippen LogP contribution in [0, 0.1) is 6.92 Å². The first-order valence-corrected chi connectivity index (χ1v) is 6.71. The van der Waals surface area contributed by atoms with Gasteiger partial charge in [-0.25, -0.2) is 4.68 Å². The van der Waals surface area contributed by atoms with E-state index >= 15 is 0 Å². The van der Waals surface area contributed by atoms with Crippen LogP contribution in [0.1, 0.15) is 5.56 Å². The third kappa shape index (κ3) is 3.53. The standard InChI is InChI=1S/C13H12Cl2N4O2/c1-7-2-3-8(4-10(7)16)18-11(20)6-19-13(21)12(15)9(14)5-17-19/h2-5H,6,16H2,1H3,(H,18,20). The maximum absolute atomic E-state index is 11.9. The van der Waals surface area contributed by atoms with Gasteiger partial charge in [0.25, 0.3) is 5.56 Å². The van der Waals surface area contributed by atoms with E-state index in [0.29, 0.717) is 11.4 Å². The van der Waals surface area contributed by atoms with Gasteiger partial charge in [0.15, 0.2) is 0 Å². The highest BCUT2D eigenvalue weighted by Crippen LogP contribution is 2.17. The summed E-state index contributed by atoms with van der Waals surface area (Å²) in [6, 6.07) is 5.14. The fourth-order valence-corrected chi connectivity index (χ4v) is 1.88. The molecule has 0 atom stereocenters. The Morgan fingerprint density at radius 2 is 2.14 bits per heavy atom. The number of nitrogens with one attached hydrogen (secondary N) is 1.